The van der Waals surface area contributed by atoms with Gasteiger partial charge < -0.3 is 14.2 Å². The standard InChI is InChI=1S/C56H108O6/c1-7-51(5)43-37-31-25-21-17-13-9-10-14-18-22-26-33-39-45-54(57)60-48-53(62-56(59)47-41-35-29-28-32-38-44-52(6)8-2)49-61-55(58)46-40-34-27-23-19-15-11-12-16-20-24-30-36-42-50(3)4/h50-53H,7-49H2,1-6H3/t51?,52?,53-/m1/s1. The van der Waals surface area contributed by atoms with E-state index in [1.165, 1.54) is 186 Å². The molecule has 62 heavy (non-hydrogen) atoms. The fourth-order valence-corrected chi connectivity index (χ4v) is 8.40. The molecule has 0 fully saturated rings. The first-order chi connectivity index (χ1) is 30.2. The molecule has 0 N–H and O–H groups in total. The van der Waals surface area contributed by atoms with Crippen LogP contribution >= 0.6 is 0 Å². The molecule has 0 amide bonds. The topological polar surface area (TPSA) is 78.9 Å². The molecule has 0 aliphatic carbocycles. The summed E-state index contributed by atoms with van der Waals surface area (Å²) in [6, 6.07) is 0. The van der Waals surface area contributed by atoms with Crippen molar-refractivity contribution in [3.63, 3.8) is 0 Å². The van der Waals surface area contributed by atoms with Gasteiger partial charge >= 0.3 is 17.9 Å². The van der Waals surface area contributed by atoms with Crippen molar-refractivity contribution < 1.29 is 28.6 Å². The number of rotatable bonds is 49. The van der Waals surface area contributed by atoms with E-state index in [0.29, 0.717) is 19.3 Å². The Labute approximate surface area is 387 Å². The van der Waals surface area contributed by atoms with Gasteiger partial charge in [0.05, 0.1) is 0 Å². The molecule has 0 aliphatic heterocycles. The molecule has 0 spiro atoms. The zero-order chi connectivity index (χ0) is 45.6. The van der Waals surface area contributed by atoms with Crippen LogP contribution in [0.4, 0.5) is 0 Å². The highest BCUT2D eigenvalue weighted by Crippen LogP contribution is 2.19. The molecule has 0 bridgehead atoms. The lowest BCUT2D eigenvalue weighted by Gasteiger charge is -2.18. The van der Waals surface area contributed by atoms with Gasteiger partial charge in [-0.05, 0) is 37.0 Å². The average Bonchev–Trinajstić information content (AvgIpc) is 3.26. The lowest BCUT2D eigenvalue weighted by molar-refractivity contribution is -0.167. The third-order valence-corrected chi connectivity index (χ3v) is 13.4. The number of ether oxygens (including phenoxy) is 3. The van der Waals surface area contributed by atoms with Crippen molar-refractivity contribution in [1.29, 1.82) is 0 Å². The summed E-state index contributed by atoms with van der Waals surface area (Å²) in [7, 11) is 0. The van der Waals surface area contributed by atoms with Gasteiger partial charge in [0.2, 0.25) is 0 Å². The van der Waals surface area contributed by atoms with E-state index in [2.05, 4.69) is 41.5 Å². The first kappa shape index (κ1) is 60.4. The molecule has 0 saturated carbocycles. The Morgan fingerprint density at radius 2 is 0.565 bits per heavy atom. The van der Waals surface area contributed by atoms with Crippen LogP contribution in [0.25, 0.3) is 0 Å². The molecule has 6 heteroatoms. The second-order valence-corrected chi connectivity index (χ2v) is 20.2. The number of carbonyl (C=O) groups excluding carboxylic acids is 3. The Bertz CT molecular complexity index is 964. The predicted molar refractivity (Wildman–Crippen MR) is 266 cm³/mol. The molecule has 3 atom stereocenters. The number of unbranched alkanes of at least 4 members (excludes halogenated alkanes) is 30. The Morgan fingerprint density at radius 1 is 0.323 bits per heavy atom. The molecular formula is C56H108O6. The Kier molecular flexibility index (Phi) is 46.2. The monoisotopic (exact) mass is 877 g/mol. The van der Waals surface area contributed by atoms with Crippen molar-refractivity contribution in [1.82, 2.24) is 0 Å². The zero-order valence-electron chi connectivity index (χ0n) is 42.7. The van der Waals surface area contributed by atoms with E-state index < -0.39 is 6.10 Å². The highest BCUT2D eigenvalue weighted by Gasteiger charge is 2.19. The SMILES string of the molecule is CCC(C)CCCCCCCCCCCCCCCCC(=O)OC[C@H](COC(=O)CCCCCCCCCCCCCCCC(C)C)OC(=O)CCCCCCCCC(C)CC. The predicted octanol–water partition coefficient (Wildman–Crippen LogP) is 17.9. The molecule has 0 radical (unpaired) electrons. The van der Waals surface area contributed by atoms with E-state index >= 15 is 0 Å². The molecule has 0 aromatic carbocycles. The van der Waals surface area contributed by atoms with Gasteiger partial charge in [-0.3, -0.25) is 14.4 Å². The molecule has 0 aliphatic rings. The Balaban J connectivity index is 4.25. The maximum atomic E-state index is 12.8. The van der Waals surface area contributed by atoms with Gasteiger partial charge in [-0.25, -0.2) is 0 Å². The minimum atomic E-state index is -0.764. The maximum absolute atomic E-state index is 12.8. The summed E-state index contributed by atoms with van der Waals surface area (Å²) in [5, 5.41) is 0. The number of hydrogen-bond donors (Lipinski definition) is 0. The van der Waals surface area contributed by atoms with Gasteiger partial charge in [-0.1, -0.05) is 266 Å². The van der Waals surface area contributed by atoms with E-state index in [0.717, 1.165) is 75.5 Å². The maximum Gasteiger partial charge on any atom is 0.306 e. The van der Waals surface area contributed by atoms with E-state index in [1.54, 1.807) is 0 Å². The molecule has 0 saturated heterocycles. The summed E-state index contributed by atoms with van der Waals surface area (Å²) in [6.45, 7) is 13.8. The summed E-state index contributed by atoms with van der Waals surface area (Å²) in [6.07, 6.45) is 48.0. The largest absolute Gasteiger partial charge is 0.462 e. The van der Waals surface area contributed by atoms with E-state index in [4.69, 9.17) is 14.2 Å². The van der Waals surface area contributed by atoms with Crippen molar-refractivity contribution in [3.8, 4) is 0 Å². The second-order valence-electron chi connectivity index (χ2n) is 20.2. The van der Waals surface area contributed by atoms with Gasteiger partial charge in [-0.15, -0.1) is 0 Å². The second kappa shape index (κ2) is 47.4. The molecule has 0 aromatic heterocycles. The Hall–Kier alpha value is -1.59. The molecule has 368 valence electrons. The van der Waals surface area contributed by atoms with E-state index in [-0.39, 0.29) is 31.1 Å². The Morgan fingerprint density at radius 3 is 0.839 bits per heavy atom. The minimum Gasteiger partial charge on any atom is -0.462 e. The highest BCUT2D eigenvalue weighted by atomic mass is 16.6. The summed E-state index contributed by atoms with van der Waals surface area (Å²) in [5.41, 5.74) is 0. The molecule has 6 nitrogen and oxygen atoms in total. The van der Waals surface area contributed by atoms with Crippen molar-refractivity contribution >= 4 is 17.9 Å². The van der Waals surface area contributed by atoms with Gasteiger partial charge in [0.1, 0.15) is 13.2 Å². The smallest absolute Gasteiger partial charge is 0.306 e. The number of carbonyl (C=O) groups is 3. The van der Waals surface area contributed by atoms with Crippen LogP contribution < -0.4 is 0 Å². The van der Waals surface area contributed by atoms with Crippen LogP contribution in [0, 0.1) is 17.8 Å². The van der Waals surface area contributed by atoms with Gasteiger partial charge in [-0.2, -0.15) is 0 Å². The number of hydrogen-bond acceptors (Lipinski definition) is 6. The van der Waals surface area contributed by atoms with Crippen LogP contribution in [-0.2, 0) is 28.6 Å². The fourth-order valence-electron chi connectivity index (χ4n) is 8.40. The molecule has 0 aromatic rings. The minimum absolute atomic E-state index is 0.0649. The molecule has 2 unspecified atom stereocenters. The van der Waals surface area contributed by atoms with E-state index in [1.807, 2.05) is 0 Å². The van der Waals surface area contributed by atoms with Crippen molar-refractivity contribution in [2.75, 3.05) is 13.2 Å². The van der Waals surface area contributed by atoms with Crippen LogP contribution in [0.1, 0.15) is 305 Å². The normalized spacial score (nSPS) is 13.0. The third-order valence-electron chi connectivity index (χ3n) is 13.4. The molecule has 0 rings (SSSR count). The lowest BCUT2D eigenvalue weighted by atomic mass is 9.99. The van der Waals surface area contributed by atoms with E-state index in [9.17, 15) is 14.4 Å². The zero-order valence-corrected chi connectivity index (χ0v) is 42.7. The third kappa shape index (κ3) is 46.4. The highest BCUT2D eigenvalue weighted by molar-refractivity contribution is 5.71. The lowest BCUT2D eigenvalue weighted by Crippen LogP contribution is -2.30. The van der Waals surface area contributed by atoms with Gasteiger partial charge in [0.15, 0.2) is 6.10 Å². The van der Waals surface area contributed by atoms with Crippen LogP contribution in [0.15, 0.2) is 0 Å². The van der Waals surface area contributed by atoms with Crippen LogP contribution in [-0.4, -0.2) is 37.2 Å². The average molecular weight is 877 g/mol. The first-order valence-corrected chi connectivity index (χ1v) is 27.7. The molecule has 0 heterocycles. The number of esters is 3. The van der Waals surface area contributed by atoms with Crippen molar-refractivity contribution in [3.05, 3.63) is 0 Å². The van der Waals surface area contributed by atoms with Gasteiger partial charge in [0.25, 0.3) is 0 Å². The molecular weight excluding hydrogens is 769 g/mol. The van der Waals surface area contributed by atoms with Crippen LogP contribution in [0.2, 0.25) is 0 Å². The summed E-state index contributed by atoms with van der Waals surface area (Å²) >= 11 is 0. The van der Waals surface area contributed by atoms with Crippen molar-refractivity contribution in [2.45, 2.75) is 311 Å². The van der Waals surface area contributed by atoms with Crippen LogP contribution in [0.3, 0.4) is 0 Å². The first-order valence-electron chi connectivity index (χ1n) is 27.7. The van der Waals surface area contributed by atoms with Gasteiger partial charge in [0, 0.05) is 19.3 Å². The van der Waals surface area contributed by atoms with Crippen molar-refractivity contribution in [2.24, 2.45) is 17.8 Å². The quantitative estimate of drug-likeness (QED) is 0.0344. The summed E-state index contributed by atoms with van der Waals surface area (Å²) in [5.74, 6) is 1.69. The summed E-state index contributed by atoms with van der Waals surface area (Å²) in [4.78, 5) is 38.0. The summed E-state index contributed by atoms with van der Waals surface area (Å²) < 4.78 is 16.8. The fraction of sp³-hybridized carbons (Fsp3) is 0.946. The van der Waals surface area contributed by atoms with Crippen LogP contribution in [0.5, 0.6) is 0 Å².